The Kier molecular flexibility index (Phi) is 2.65. The van der Waals surface area contributed by atoms with Gasteiger partial charge in [0.05, 0.1) is 0 Å². The van der Waals surface area contributed by atoms with Crippen LogP contribution in [0.3, 0.4) is 0 Å². The van der Waals surface area contributed by atoms with E-state index < -0.39 is 0 Å². The molecule has 0 amide bonds. The number of hydrogen-bond acceptors (Lipinski definition) is 1. The molecule has 0 fully saturated rings. The standard InChI is InChI=1S/C6H12O/c1-4-5(2)6(3)7/h5H,4H2,1-3H3/t5-/m1/s1. The Labute approximate surface area is 44.7 Å². The molecule has 0 spiro atoms. The summed E-state index contributed by atoms with van der Waals surface area (Å²) in [5, 5.41) is 0. The molecule has 0 saturated carbocycles. The maximum Gasteiger partial charge on any atom is 0.132 e. The lowest BCUT2D eigenvalue weighted by atomic mass is 10.1. The third kappa shape index (κ3) is 2.38. The Balaban J connectivity index is 3.34. The Hall–Kier alpha value is -0.330. The van der Waals surface area contributed by atoms with Crippen LogP contribution in [0, 0.1) is 5.92 Å². The molecule has 7 heavy (non-hydrogen) atoms. The molecule has 0 unspecified atom stereocenters. The van der Waals surface area contributed by atoms with Crippen molar-refractivity contribution in [2.45, 2.75) is 27.2 Å². The Morgan fingerprint density at radius 3 is 2.14 bits per heavy atom. The van der Waals surface area contributed by atoms with E-state index in [0.29, 0.717) is 5.78 Å². The van der Waals surface area contributed by atoms with Gasteiger partial charge in [0.2, 0.25) is 0 Å². The molecule has 0 radical (unpaired) electrons. The minimum atomic E-state index is 0.264. The average molecular weight is 100 g/mol. The first-order chi connectivity index (χ1) is 3.18. The van der Waals surface area contributed by atoms with Gasteiger partial charge in [-0.05, 0) is 13.3 Å². The quantitative estimate of drug-likeness (QED) is 0.515. The first-order valence-corrected chi connectivity index (χ1v) is 2.69. The Morgan fingerprint density at radius 1 is 1.71 bits per heavy atom. The SMILES string of the molecule is CC[C@@H](C)C(C)=O. The largest absolute Gasteiger partial charge is 0.300 e. The maximum absolute atomic E-state index is 10.4. The van der Waals surface area contributed by atoms with Crippen LogP contribution in [0.2, 0.25) is 0 Å². The van der Waals surface area contributed by atoms with Crippen LogP contribution in [0.25, 0.3) is 0 Å². The van der Waals surface area contributed by atoms with Crippen LogP contribution in [0.4, 0.5) is 0 Å². The summed E-state index contributed by atoms with van der Waals surface area (Å²) in [6.45, 7) is 5.60. The van der Waals surface area contributed by atoms with E-state index >= 15 is 0 Å². The van der Waals surface area contributed by atoms with Gasteiger partial charge in [-0.2, -0.15) is 0 Å². The van der Waals surface area contributed by atoms with E-state index in [1.54, 1.807) is 6.92 Å². The number of carbonyl (C=O) groups is 1. The highest BCUT2D eigenvalue weighted by Gasteiger charge is 2.01. The lowest BCUT2D eigenvalue weighted by Crippen LogP contribution is -2.03. The fourth-order valence-electron chi connectivity index (χ4n) is 0.287. The van der Waals surface area contributed by atoms with Gasteiger partial charge in [0.1, 0.15) is 5.78 Å². The third-order valence-corrected chi connectivity index (χ3v) is 1.31. The fraction of sp³-hybridized carbons (Fsp3) is 0.833. The van der Waals surface area contributed by atoms with Crippen molar-refractivity contribution in [2.24, 2.45) is 5.92 Å². The highest BCUT2D eigenvalue weighted by atomic mass is 16.1. The molecule has 1 heteroatoms. The van der Waals surface area contributed by atoms with Gasteiger partial charge in [-0.15, -0.1) is 0 Å². The molecule has 0 aromatic rings. The van der Waals surface area contributed by atoms with Crippen LogP contribution in [-0.4, -0.2) is 5.78 Å². The molecular formula is C6H12O. The number of Topliss-reactive ketones (excluding diaryl/α,β-unsaturated/α-hetero) is 1. The van der Waals surface area contributed by atoms with Gasteiger partial charge in [-0.1, -0.05) is 13.8 Å². The lowest BCUT2D eigenvalue weighted by molar-refractivity contribution is -0.120. The van der Waals surface area contributed by atoms with E-state index in [2.05, 4.69) is 0 Å². The summed E-state index contributed by atoms with van der Waals surface area (Å²) in [5.74, 6) is 0.558. The molecule has 1 nitrogen and oxygen atoms in total. The fourth-order valence-corrected chi connectivity index (χ4v) is 0.287. The highest BCUT2D eigenvalue weighted by Crippen LogP contribution is 1.99. The van der Waals surface area contributed by atoms with Crippen LogP contribution in [0.15, 0.2) is 0 Å². The zero-order valence-electron chi connectivity index (χ0n) is 5.19. The molecule has 0 rings (SSSR count). The van der Waals surface area contributed by atoms with Crippen LogP contribution >= 0.6 is 0 Å². The van der Waals surface area contributed by atoms with Crippen molar-refractivity contribution in [3.8, 4) is 0 Å². The van der Waals surface area contributed by atoms with Crippen molar-refractivity contribution in [3.05, 3.63) is 0 Å². The minimum Gasteiger partial charge on any atom is -0.300 e. The van der Waals surface area contributed by atoms with E-state index in [9.17, 15) is 4.79 Å². The first-order valence-electron chi connectivity index (χ1n) is 2.69. The Morgan fingerprint density at radius 2 is 2.14 bits per heavy atom. The minimum absolute atomic E-state index is 0.264. The van der Waals surface area contributed by atoms with Crippen molar-refractivity contribution in [2.75, 3.05) is 0 Å². The maximum atomic E-state index is 10.4. The summed E-state index contributed by atoms with van der Waals surface area (Å²) in [4.78, 5) is 10.4. The van der Waals surface area contributed by atoms with Gasteiger partial charge in [-0.3, -0.25) is 4.79 Å². The van der Waals surface area contributed by atoms with E-state index in [1.807, 2.05) is 13.8 Å². The molecular weight excluding hydrogens is 88.1 g/mol. The van der Waals surface area contributed by atoms with Gasteiger partial charge >= 0.3 is 0 Å². The summed E-state index contributed by atoms with van der Waals surface area (Å²) < 4.78 is 0. The predicted molar refractivity (Wildman–Crippen MR) is 30.1 cm³/mol. The molecule has 0 aromatic heterocycles. The van der Waals surface area contributed by atoms with Crippen LogP contribution in [0.1, 0.15) is 27.2 Å². The number of carbonyl (C=O) groups excluding carboxylic acids is 1. The molecule has 0 bridgehead atoms. The van der Waals surface area contributed by atoms with Crippen molar-refractivity contribution in [1.29, 1.82) is 0 Å². The Bertz CT molecular complexity index is 66.6. The topological polar surface area (TPSA) is 17.1 Å². The second kappa shape index (κ2) is 2.78. The molecule has 0 heterocycles. The predicted octanol–water partition coefficient (Wildman–Crippen LogP) is 1.62. The summed E-state index contributed by atoms with van der Waals surface area (Å²) in [6.07, 6.45) is 0.968. The highest BCUT2D eigenvalue weighted by molar-refractivity contribution is 5.77. The molecule has 0 aliphatic carbocycles. The third-order valence-electron chi connectivity index (χ3n) is 1.31. The second-order valence-electron chi connectivity index (χ2n) is 1.92. The van der Waals surface area contributed by atoms with Crippen LogP contribution in [-0.2, 0) is 4.79 Å². The van der Waals surface area contributed by atoms with Gasteiger partial charge in [-0.25, -0.2) is 0 Å². The summed E-state index contributed by atoms with van der Waals surface area (Å²) in [5.41, 5.74) is 0. The van der Waals surface area contributed by atoms with E-state index in [-0.39, 0.29) is 5.92 Å². The zero-order chi connectivity index (χ0) is 5.86. The average Bonchev–Trinajstić information content (AvgIpc) is 1.65. The smallest absolute Gasteiger partial charge is 0.132 e. The lowest BCUT2D eigenvalue weighted by Gasteiger charge is -1.98. The van der Waals surface area contributed by atoms with Crippen LogP contribution < -0.4 is 0 Å². The monoisotopic (exact) mass is 100 g/mol. The molecule has 42 valence electrons. The summed E-state index contributed by atoms with van der Waals surface area (Å²) in [6, 6.07) is 0. The second-order valence-corrected chi connectivity index (χ2v) is 1.92. The first kappa shape index (κ1) is 6.67. The molecule has 0 aliphatic rings. The normalized spacial score (nSPS) is 13.6. The summed E-state index contributed by atoms with van der Waals surface area (Å²) in [7, 11) is 0. The zero-order valence-corrected chi connectivity index (χ0v) is 5.19. The van der Waals surface area contributed by atoms with Gasteiger partial charge < -0.3 is 0 Å². The number of rotatable bonds is 2. The van der Waals surface area contributed by atoms with Crippen molar-refractivity contribution >= 4 is 5.78 Å². The van der Waals surface area contributed by atoms with Crippen molar-refractivity contribution in [1.82, 2.24) is 0 Å². The molecule has 0 aliphatic heterocycles. The van der Waals surface area contributed by atoms with Crippen molar-refractivity contribution < 1.29 is 4.79 Å². The molecule has 1 atom stereocenters. The summed E-state index contributed by atoms with van der Waals surface area (Å²) >= 11 is 0. The van der Waals surface area contributed by atoms with Crippen LogP contribution in [0.5, 0.6) is 0 Å². The number of ketones is 1. The number of hydrogen-bond donors (Lipinski definition) is 0. The molecule has 0 saturated heterocycles. The van der Waals surface area contributed by atoms with Crippen molar-refractivity contribution in [3.63, 3.8) is 0 Å². The molecule has 0 N–H and O–H groups in total. The van der Waals surface area contributed by atoms with Gasteiger partial charge in [0.15, 0.2) is 0 Å². The molecule has 0 aromatic carbocycles. The van der Waals surface area contributed by atoms with E-state index in [0.717, 1.165) is 6.42 Å². The van der Waals surface area contributed by atoms with E-state index in [4.69, 9.17) is 0 Å². The van der Waals surface area contributed by atoms with Gasteiger partial charge in [0, 0.05) is 5.92 Å². The van der Waals surface area contributed by atoms with E-state index in [1.165, 1.54) is 0 Å². The van der Waals surface area contributed by atoms with Gasteiger partial charge in [0.25, 0.3) is 0 Å².